The Labute approximate surface area is 104 Å². The van der Waals surface area contributed by atoms with Gasteiger partial charge in [-0.2, -0.15) is 0 Å². The van der Waals surface area contributed by atoms with E-state index in [0.29, 0.717) is 29.1 Å². The highest BCUT2D eigenvalue weighted by Gasteiger charge is 2.26. The molecule has 0 radical (unpaired) electrons. The first kappa shape index (κ1) is 10.9. The fraction of sp³-hybridized carbons (Fsp3) is 0.333. The number of nitrogens with two attached hydrogens (primary N) is 1. The smallest absolute Gasteiger partial charge is 0.216 e. The van der Waals surface area contributed by atoms with Crippen LogP contribution >= 0.6 is 0 Å². The van der Waals surface area contributed by atoms with E-state index in [4.69, 9.17) is 10.5 Å². The van der Waals surface area contributed by atoms with Gasteiger partial charge in [0, 0.05) is 23.7 Å². The quantitative estimate of drug-likeness (QED) is 0.876. The highest BCUT2D eigenvalue weighted by Crippen LogP contribution is 2.39. The van der Waals surface area contributed by atoms with Crippen molar-refractivity contribution in [2.75, 3.05) is 12.8 Å². The van der Waals surface area contributed by atoms with Crippen LogP contribution in [-0.4, -0.2) is 27.0 Å². The molecule has 2 N–H and O–H groups in total. The second kappa shape index (κ2) is 4.21. The number of hydrogen-bond acceptors (Lipinski definition) is 6. The van der Waals surface area contributed by atoms with Crippen LogP contribution in [-0.2, 0) is 0 Å². The summed E-state index contributed by atoms with van der Waals surface area (Å²) < 4.78 is 5.06. The largest absolute Gasteiger partial charge is 0.481 e. The zero-order valence-electron chi connectivity index (χ0n) is 10.00. The highest BCUT2D eigenvalue weighted by molar-refractivity contribution is 5.53. The third-order valence-corrected chi connectivity index (χ3v) is 2.84. The van der Waals surface area contributed by atoms with E-state index < -0.39 is 0 Å². The van der Waals surface area contributed by atoms with Gasteiger partial charge >= 0.3 is 0 Å². The Bertz CT molecular complexity index is 582. The molecule has 0 atom stereocenters. The third-order valence-electron chi connectivity index (χ3n) is 2.84. The molecule has 1 saturated carbocycles. The van der Waals surface area contributed by atoms with Crippen molar-refractivity contribution in [2.45, 2.75) is 18.8 Å². The van der Waals surface area contributed by atoms with Crippen LogP contribution in [0.25, 0.3) is 11.5 Å². The molecule has 1 aliphatic rings. The molecule has 6 nitrogen and oxygen atoms in total. The lowest BCUT2D eigenvalue weighted by Gasteiger charge is -2.05. The monoisotopic (exact) mass is 243 g/mol. The highest BCUT2D eigenvalue weighted by atomic mass is 16.5. The summed E-state index contributed by atoms with van der Waals surface area (Å²) in [5.41, 5.74) is 7.42. The van der Waals surface area contributed by atoms with Crippen LogP contribution in [0.3, 0.4) is 0 Å². The van der Waals surface area contributed by atoms with Crippen LogP contribution in [0.4, 0.5) is 5.82 Å². The summed E-state index contributed by atoms with van der Waals surface area (Å²) in [4.78, 5) is 16.8. The van der Waals surface area contributed by atoms with Gasteiger partial charge in [0.15, 0.2) is 5.82 Å². The van der Waals surface area contributed by atoms with E-state index in [9.17, 15) is 0 Å². The second-order valence-electron chi connectivity index (χ2n) is 4.26. The molecule has 0 unspecified atom stereocenters. The molecule has 3 rings (SSSR count). The fourth-order valence-corrected chi connectivity index (χ4v) is 1.76. The van der Waals surface area contributed by atoms with Gasteiger partial charge in [-0.15, -0.1) is 0 Å². The lowest BCUT2D eigenvalue weighted by molar-refractivity contribution is 0.397. The molecule has 2 aromatic heterocycles. The molecule has 2 heterocycles. The Morgan fingerprint density at radius 1 is 1.22 bits per heavy atom. The Kier molecular flexibility index (Phi) is 2.55. The second-order valence-corrected chi connectivity index (χ2v) is 4.26. The first-order valence-electron chi connectivity index (χ1n) is 5.77. The maximum Gasteiger partial charge on any atom is 0.216 e. The molecule has 0 aliphatic heterocycles. The van der Waals surface area contributed by atoms with Crippen molar-refractivity contribution in [3.05, 3.63) is 24.2 Å². The van der Waals surface area contributed by atoms with Crippen molar-refractivity contribution in [1.29, 1.82) is 0 Å². The van der Waals surface area contributed by atoms with Crippen molar-refractivity contribution < 1.29 is 4.74 Å². The predicted molar refractivity (Wildman–Crippen MR) is 66.0 cm³/mol. The predicted octanol–water partition coefficient (Wildman–Crippen LogP) is 1.40. The fourth-order valence-electron chi connectivity index (χ4n) is 1.76. The number of rotatable bonds is 3. The Morgan fingerprint density at radius 2 is 2.06 bits per heavy atom. The van der Waals surface area contributed by atoms with Crippen LogP contribution in [0.1, 0.15) is 24.5 Å². The summed E-state index contributed by atoms with van der Waals surface area (Å²) in [6, 6.07) is 3.53. The van der Waals surface area contributed by atoms with E-state index in [2.05, 4.69) is 19.9 Å². The van der Waals surface area contributed by atoms with E-state index >= 15 is 0 Å². The minimum absolute atomic E-state index is 0.472. The van der Waals surface area contributed by atoms with E-state index in [0.717, 1.165) is 5.69 Å². The van der Waals surface area contributed by atoms with Gasteiger partial charge in [0.2, 0.25) is 5.88 Å². The summed E-state index contributed by atoms with van der Waals surface area (Å²) in [5.74, 6) is 2.01. The Balaban J connectivity index is 2.04. The van der Waals surface area contributed by atoms with Gasteiger partial charge < -0.3 is 10.5 Å². The normalized spacial score (nSPS) is 14.5. The molecule has 2 aromatic rings. The van der Waals surface area contributed by atoms with Gasteiger partial charge in [0.1, 0.15) is 17.8 Å². The number of hydrogen-bond donors (Lipinski definition) is 1. The lowest BCUT2D eigenvalue weighted by Crippen LogP contribution is -2.01. The molecule has 0 spiro atoms. The molecule has 0 aromatic carbocycles. The minimum Gasteiger partial charge on any atom is -0.481 e. The number of ether oxygens (including phenoxy) is 1. The molecule has 18 heavy (non-hydrogen) atoms. The van der Waals surface area contributed by atoms with Gasteiger partial charge in [-0.05, 0) is 12.8 Å². The Morgan fingerprint density at radius 3 is 2.78 bits per heavy atom. The van der Waals surface area contributed by atoms with Crippen LogP contribution in [0, 0.1) is 0 Å². The average Bonchev–Trinajstić information content (AvgIpc) is 3.22. The molecule has 0 bridgehead atoms. The van der Waals surface area contributed by atoms with E-state index in [1.807, 2.05) is 6.07 Å². The first-order chi connectivity index (χ1) is 8.76. The molecule has 6 heteroatoms. The number of nitrogens with zero attached hydrogens (tertiary/aromatic N) is 4. The number of aromatic nitrogens is 4. The number of anilines is 1. The average molecular weight is 243 g/mol. The molecular formula is C12H13N5O. The topological polar surface area (TPSA) is 86.8 Å². The molecule has 1 fully saturated rings. The number of nitrogen functional groups attached to an aromatic ring is 1. The standard InChI is InChI=1S/C12H13N5O/c1-18-11-5-9(14-6-15-11)12-16-8(7-2-3-7)4-10(13)17-12/h4-7H,2-3H2,1H3,(H2,13,16,17). The van der Waals surface area contributed by atoms with Crippen molar-refractivity contribution in [3.8, 4) is 17.4 Å². The summed E-state index contributed by atoms with van der Waals surface area (Å²) in [6.07, 6.45) is 3.77. The first-order valence-corrected chi connectivity index (χ1v) is 5.77. The molecule has 1 aliphatic carbocycles. The van der Waals surface area contributed by atoms with Gasteiger partial charge in [0.25, 0.3) is 0 Å². The van der Waals surface area contributed by atoms with Crippen LogP contribution in [0.15, 0.2) is 18.5 Å². The minimum atomic E-state index is 0.472. The van der Waals surface area contributed by atoms with Crippen molar-refractivity contribution in [3.63, 3.8) is 0 Å². The Hall–Kier alpha value is -2.24. The van der Waals surface area contributed by atoms with Crippen molar-refractivity contribution >= 4 is 5.82 Å². The molecular weight excluding hydrogens is 230 g/mol. The van der Waals surface area contributed by atoms with E-state index in [1.54, 1.807) is 13.2 Å². The van der Waals surface area contributed by atoms with Gasteiger partial charge in [-0.1, -0.05) is 0 Å². The number of methoxy groups -OCH3 is 1. The van der Waals surface area contributed by atoms with Crippen LogP contribution < -0.4 is 10.5 Å². The van der Waals surface area contributed by atoms with Crippen LogP contribution in [0.2, 0.25) is 0 Å². The van der Waals surface area contributed by atoms with Gasteiger partial charge in [0.05, 0.1) is 7.11 Å². The van der Waals surface area contributed by atoms with E-state index in [-0.39, 0.29) is 0 Å². The molecule has 0 saturated heterocycles. The van der Waals surface area contributed by atoms with E-state index in [1.165, 1.54) is 19.2 Å². The van der Waals surface area contributed by atoms with Gasteiger partial charge in [-0.3, -0.25) is 0 Å². The summed E-state index contributed by atoms with van der Waals surface area (Å²) in [5, 5.41) is 0. The molecule has 0 amide bonds. The van der Waals surface area contributed by atoms with Crippen molar-refractivity contribution in [1.82, 2.24) is 19.9 Å². The zero-order chi connectivity index (χ0) is 12.5. The summed E-state index contributed by atoms with van der Waals surface area (Å²) >= 11 is 0. The summed E-state index contributed by atoms with van der Waals surface area (Å²) in [6.45, 7) is 0. The van der Waals surface area contributed by atoms with Crippen LogP contribution in [0.5, 0.6) is 5.88 Å². The van der Waals surface area contributed by atoms with Gasteiger partial charge in [-0.25, -0.2) is 19.9 Å². The maximum atomic E-state index is 5.81. The SMILES string of the molecule is COc1cc(-c2nc(N)cc(C3CC3)n2)ncn1. The summed E-state index contributed by atoms with van der Waals surface area (Å²) in [7, 11) is 1.56. The maximum absolute atomic E-state index is 5.81. The zero-order valence-corrected chi connectivity index (χ0v) is 10.00. The van der Waals surface area contributed by atoms with Crippen molar-refractivity contribution in [2.24, 2.45) is 0 Å². The molecule has 92 valence electrons. The third kappa shape index (κ3) is 2.09. The lowest BCUT2D eigenvalue weighted by atomic mass is 10.2.